The third-order valence-corrected chi connectivity index (χ3v) is 6.16. The number of Topliss-reactive ketones (excluding diaryl/α,β-unsaturated/α-hetero) is 1. The Labute approximate surface area is 154 Å². The number of ketones is 1. The van der Waals surface area contributed by atoms with Gasteiger partial charge >= 0.3 is 0 Å². The fraction of sp³-hybridized carbons (Fsp3) is 0.429. The zero-order valence-corrected chi connectivity index (χ0v) is 16.3. The van der Waals surface area contributed by atoms with Crippen LogP contribution in [0.2, 0.25) is 0 Å². The molecular formula is C21H26N2OS. The molecule has 0 saturated carbocycles. The molecule has 0 amide bonds. The third-order valence-electron chi connectivity index (χ3n) is 5.17. The number of anilines is 1. The van der Waals surface area contributed by atoms with E-state index in [1.54, 1.807) is 11.3 Å². The van der Waals surface area contributed by atoms with E-state index in [1.165, 1.54) is 0 Å². The van der Waals surface area contributed by atoms with Gasteiger partial charge in [-0.25, -0.2) is 4.98 Å². The van der Waals surface area contributed by atoms with Crippen molar-refractivity contribution in [2.45, 2.75) is 52.4 Å². The minimum atomic E-state index is -0.489. The molecule has 3 nitrogen and oxygen atoms in total. The number of allylic oxidation sites excluding steroid dienone is 6. The summed E-state index contributed by atoms with van der Waals surface area (Å²) in [6, 6.07) is 0. The summed E-state index contributed by atoms with van der Waals surface area (Å²) in [6.07, 6.45) is 6.19. The van der Waals surface area contributed by atoms with Crippen molar-refractivity contribution < 1.29 is 4.79 Å². The van der Waals surface area contributed by atoms with Crippen molar-refractivity contribution in [3.8, 4) is 0 Å². The molecule has 1 aliphatic heterocycles. The second-order valence-electron chi connectivity index (χ2n) is 7.91. The van der Waals surface area contributed by atoms with Crippen molar-refractivity contribution in [2.24, 2.45) is 5.41 Å². The highest BCUT2D eigenvalue weighted by Crippen LogP contribution is 2.55. The van der Waals surface area contributed by atoms with Crippen LogP contribution in [0.1, 0.15) is 51.8 Å². The molecule has 2 aliphatic rings. The zero-order chi connectivity index (χ0) is 18.4. The summed E-state index contributed by atoms with van der Waals surface area (Å²) in [5.41, 5.74) is 5.14. The van der Waals surface area contributed by atoms with E-state index in [9.17, 15) is 4.79 Å². The maximum Gasteiger partial charge on any atom is 0.162 e. The molecule has 3 rings (SSSR count). The van der Waals surface area contributed by atoms with E-state index < -0.39 is 5.41 Å². The fourth-order valence-corrected chi connectivity index (χ4v) is 5.13. The number of nitrogens with zero attached hydrogens (tertiary/aromatic N) is 1. The van der Waals surface area contributed by atoms with Crippen LogP contribution < -0.4 is 5.32 Å². The summed E-state index contributed by atoms with van der Waals surface area (Å²) < 4.78 is 0. The SMILES string of the molecule is C=C(C)/C=C\C(=C)C1(CC)C2=C(CC(C)(C)CC2=O)Nc2ncsc21. The Morgan fingerprint density at radius 1 is 1.36 bits per heavy atom. The van der Waals surface area contributed by atoms with E-state index in [2.05, 4.69) is 44.2 Å². The molecule has 1 aromatic rings. The highest BCUT2D eigenvalue weighted by atomic mass is 32.1. The predicted octanol–water partition coefficient (Wildman–Crippen LogP) is 5.55. The van der Waals surface area contributed by atoms with E-state index in [1.807, 2.05) is 24.6 Å². The standard InChI is InChI=1S/C21H26N2OS/c1-7-21(14(4)9-8-13(2)3)17-15(10-20(5,6)11-16(17)24)23-19-18(21)25-12-22-19/h8-9,12,23H,2,4,7,10-11H2,1,3,5-6H3/b9-8-. The van der Waals surface area contributed by atoms with Crippen molar-refractivity contribution in [1.82, 2.24) is 4.98 Å². The van der Waals surface area contributed by atoms with Gasteiger partial charge in [-0.2, -0.15) is 0 Å². The molecule has 2 heterocycles. The highest BCUT2D eigenvalue weighted by molar-refractivity contribution is 7.10. The number of hydrogen-bond donors (Lipinski definition) is 1. The van der Waals surface area contributed by atoms with Crippen LogP contribution in [0.4, 0.5) is 5.82 Å². The van der Waals surface area contributed by atoms with E-state index in [4.69, 9.17) is 0 Å². The van der Waals surface area contributed by atoms with Crippen molar-refractivity contribution in [2.75, 3.05) is 5.32 Å². The topological polar surface area (TPSA) is 42.0 Å². The smallest absolute Gasteiger partial charge is 0.162 e. The Hall–Kier alpha value is -1.94. The van der Waals surface area contributed by atoms with Crippen molar-refractivity contribution in [3.63, 3.8) is 0 Å². The third kappa shape index (κ3) is 2.82. The molecule has 1 unspecified atom stereocenters. The molecule has 0 bridgehead atoms. The van der Waals surface area contributed by atoms with Crippen LogP contribution in [0.25, 0.3) is 0 Å². The van der Waals surface area contributed by atoms with E-state index >= 15 is 0 Å². The van der Waals surface area contributed by atoms with Crippen LogP contribution in [-0.2, 0) is 10.2 Å². The Kier molecular flexibility index (Phi) is 4.36. The number of carbonyl (C=O) groups excluding carboxylic acids is 1. The molecule has 0 radical (unpaired) electrons. The number of rotatable bonds is 4. The summed E-state index contributed by atoms with van der Waals surface area (Å²) in [6.45, 7) is 16.7. The second-order valence-corrected chi connectivity index (χ2v) is 8.77. The van der Waals surface area contributed by atoms with E-state index in [-0.39, 0.29) is 11.2 Å². The van der Waals surface area contributed by atoms with Crippen molar-refractivity contribution in [3.05, 3.63) is 58.1 Å². The molecule has 0 fully saturated rings. The maximum atomic E-state index is 13.2. The maximum absolute atomic E-state index is 13.2. The van der Waals surface area contributed by atoms with Gasteiger partial charge in [-0.05, 0) is 30.8 Å². The van der Waals surface area contributed by atoms with Gasteiger partial charge in [-0.3, -0.25) is 4.79 Å². The second kappa shape index (κ2) is 6.10. The zero-order valence-electron chi connectivity index (χ0n) is 15.5. The van der Waals surface area contributed by atoms with E-state index in [0.29, 0.717) is 6.42 Å². The fourth-order valence-electron chi connectivity index (χ4n) is 4.07. The van der Waals surface area contributed by atoms with E-state index in [0.717, 1.165) is 46.0 Å². The van der Waals surface area contributed by atoms with Gasteiger partial charge in [0.05, 0.1) is 15.8 Å². The molecule has 1 aliphatic carbocycles. The number of hydrogen-bond acceptors (Lipinski definition) is 4. The Bertz CT molecular complexity index is 825. The lowest BCUT2D eigenvalue weighted by Gasteiger charge is -2.45. The van der Waals surface area contributed by atoms with Gasteiger partial charge in [-0.1, -0.05) is 51.7 Å². The summed E-state index contributed by atoms with van der Waals surface area (Å²) in [7, 11) is 0. The molecule has 1 N–H and O–H groups in total. The molecule has 4 heteroatoms. The van der Waals surface area contributed by atoms with Gasteiger partial charge in [0.15, 0.2) is 5.78 Å². The van der Waals surface area contributed by atoms with Crippen LogP contribution in [0.3, 0.4) is 0 Å². The molecule has 25 heavy (non-hydrogen) atoms. The highest BCUT2D eigenvalue weighted by Gasteiger charge is 2.50. The Morgan fingerprint density at radius 2 is 2.08 bits per heavy atom. The normalized spacial score (nSPS) is 24.7. The summed E-state index contributed by atoms with van der Waals surface area (Å²) in [5, 5.41) is 3.45. The first-order valence-corrected chi connectivity index (χ1v) is 9.60. The van der Waals surface area contributed by atoms with Crippen LogP contribution in [0.15, 0.2) is 53.2 Å². The molecule has 0 aromatic carbocycles. The first-order valence-electron chi connectivity index (χ1n) is 8.72. The molecular weight excluding hydrogens is 328 g/mol. The quantitative estimate of drug-likeness (QED) is 0.721. The van der Waals surface area contributed by atoms with Crippen molar-refractivity contribution in [1.29, 1.82) is 0 Å². The van der Waals surface area contributed by atoms with Crippen LogP contribution >= 0.6 is 11.3 Å². The number of thiazole rings is 1. The summed E-state index contributed by atoms with van der Waals surface area (Å²) >= 11 is 1.60. The van der Waals surface area contributed by atoms with Crippen LogP contribution in [0.5, 0.6) is 0 Å². The van der Waals surface area contributed by atoms with Gasteiger partial charge in [0.1, 0.15) is 5.82 Å². The van der Waals surface area contributed by atoms with Gasteiger partial charge in [-0.15, -0.1) is 11.3 Å². The predicted molar refractivity (Wildman–Crippen MR) is 106 cm³/mol. The number of aromatic nitrogens is 1. The first kappa shape index (κ1) is 17.9. The lowest BCUT2D eigenvalue weighted by atomic mass is 9.62. The Balaban J connectivity index is 2.23. The minimum Gasteiger partial charge on any atom is -0.342 e. The number of nitrogens with one attached hydrogen (secondary N) is 1. The van der Waals surface area contributed by atoms with Gasteiger partial charge in [0.2, 0.25) is 0 Å². The number of fused-ring (bicyclic) bond motifs is 1. The van der Waals surface area contributed by atoms with Crippen molar-refractivity contribution >= 4 is 22.9 Å². The average Bonchev–Trinajstić information content (AvgIpc) is 2.97. The lowest BCUT2D eigenvalue weighted by molar-refractivity contribution is -0.118. The summed E-state index contributed by atoms with van der Waals surface area (Å²) in [5.74, 6) is 1.10. The minimum absolute atomic E-state index is 0.0369. The lowest BCUT2D eigenvalue weighted by Crippen LogP contribution is -2.43. The largest absolute Gasteiger partial charge is 0.342 e. The molecule has 1 aromatic heterocycles. The number of carbonyl (C=O) groups is 1. The monoisotopic (exact) mass is 354 g/mol. The first-order chi connectivity index (χ1) is 11.7. The van der Waals surface area contributed by atoms with Gasteiger partial charge < -0.3 is 5.32 Å². The molecule has 0 saturated heterocycles. The van der Waals surface area contributed by atoms with Crippen LogP contribution in [0, 0.1) is 5.41 Å². The molecule has 132 valence electrons. The van der Waals surface area contributed by atoms with Crippen LogP contribution in [-0.4, -0.2) is 10.8 Å². The average molecular weight is 355 g/mol. The summed E-state index contributed by atoms with van der Waals surface area (Å²) in [4.78, 5) is 18.8. The van der Waals surface area contributed by atoms with Gasteiger partial charge in [0, 0.05) is 17.7 Å². The van der Waals surface area contributed by atoms with Gasteiger partial charge in [0.25, 0.3) is 0 Å². The molecule has 0 spiro atoms. The molecule has 1 atom stereocenters. The Morgan fingerprint density at radius 3 is 2.72 bits per heavy atom.